The average molecular weight is 238 g/mol. The molecule has 15 heavy (non-hydrogen) atoms. The molecule has 2 rings (SSSR count). The fraction of sp³-hybridized carbons (Fsp3) is 0.364. The number of rotatable bonds is 2. The number of hydrogen-bond acceptors (Lipinski definition) is 3. The summed E-state index contributed by atoms with van der Waals surface area (Å²) in [7, 11) is 0. The molecule has 0 aliphatic carbocycles. The van der Waals surface area contributed by atoms with Gasteiger partial charge in [0.15, 0.2) is 0 Å². The van der Waals surface area contributed by atoms with Gasteiger partial charge in [0.25, 0.3) is 0 Å². The topological polar surface area (TPSA) is 29.3 Å². The van der Waals surface area contributed by atoms with Crippen molar-refractivity contribution >= 4 is 34.7 Å². The number of hydrogen-bond donors (Lipinski definition) is 1. The van der Waals surface area contributed by atoms with Crippen LogP contribution < -0.4 is 10.6 Å². The number of anilines is 1. The van der Waals surface area contributed by atoms with E-state index in [-0.39, 0.29) is 0 Å². The molecule has 2 N–H and O–H groups in total. The highest BCUT2D eigenvalue weighted by molar-refractivity contribution is 7.99. The van der Waals surface area contributed by atoms with E-state index in [4.69, 9.17) is 18.0 Å². The first-order valence-electron chi connectivity index (χ1n) is 5.00. The van der Waals surface area contributed by atoms with Gasteiger partial charge >= 0.3 is 0 Å². The standard InChI is InChI=1S/C11H14N2S2/c12-11(14)9-3-1-2-4-10(9)13-5-7-15-8-6-13/h1-4H,5-8H2,(H2,12,14). The largest absolute Gasteiger partial charge is 0.389 e. The smallest absolute Gasteiger partial charge is 0.106 e. The summed E-state index contributed by atoms with van der Waals surface area (Å²) in [6.07, 6.45) is 0. The third kappa shape index (κ3) is 2.44. The summed E-state index contributed by atoms with van der Waals surface area (Å²) in [5, 5.41) is 0. The lowest BCUT2D eigenvalue weighted by atomic mass is 10.1. The minimum absolute atomic E-state index is 0.490. The molecule has 0 amide bonds. The van der Waals surface area contributed by atoms with Gasteiger partial charge in [0.1, 0.15) is 4.99 Å². The molecule has 0 atom stereocenters. The Kier molecular flexibility index (Phi) is 3.49. The lowest BCUT2D eigenvalue weighted by Gasteiger charge is -2.30. The Morgan fingerprint density at radius 2 is 1.93 bits per heavy atom. The zero-order valence-electron chi connectivity index (χ0n) is 8.48. The summed E-state index contributed by atoms with van der Waals surface area (Å²) in [6.45, 7) is 2.18. The lowest BCUT2D eigenvalue weighted by molar-refractivity contribution is 0.858. The molecule has 1 fully saturated rings. The molecular formula is C11H14N2S2. The van der Waals surface area contributed by atoms with Crippen LogP contribution in [0.3, 0.4) is 0 Å². The predicted molar refractivity (Wildman–Crippen MR) is 71.9 cm³/mol. The number of thiocarbonyl (C=S) groups is 1. The van der Waals surface area contributed by atoms with Gasteiger partial charge in [-0.2, -0.15) is 11.8 Å². The number of benzene rings is 1. The van der Waals surface area contributed by atoms with Crippen molar-refractivity contribution in [1.82, 2.24) is 0 Å². The number of thioether (sulfide) groups is 1. The number of nitrogens with two attached hydrogens (primary N) is 1. The summed E-state index contributed by atoms with van der Waals surface area (Å²) >= 11 is 7.07. The Bertz CT molecular complexity index is 359. The number of para-hydroxylation sites is 1. The van der Waals surface area contributed by atoms with Crippen molar-refractivity contribution in [3.63, 3.8) is 0 Å². The van der Waals surface area contributed by atoms with E-state index < -0.39 is 0 Å². The van der Waals surface area contributed by atoms with Gasteiger partial charge in [-0.3, -0.25) is 0 Å². The molecule has 2 nitrogen and oxygen atoms in total. The van der Waals surface area contributed by atoms with Crippen molar-refractivity contribution in [3.05, 3.63) is 29.8 Å². The summed E-state index contributed by atoms with van der Waals surface area (Å²) < 4.78 is 0. The van der Waals surface area contributed by atoms with Crippen LogP contribution in [0, 0.1) is 0 Å². The van der Waals surface area contributed by atoms with Gasteiger partial charge < -0.3 is 10.6 Å². The molecule has 1 aromatic carbocycles. The Morgan fingerprint density at radius 3 is 2.60 bits per heavy atom. The first-order chi connectivity index (χ1) is 7.29. The SMILES string of the molecule is NC(=S)c1ccccc1N1CCSCC1. The van der Waals surface area contributed by atoms with E-state index in [9.17, 15) is 0 Å². The second-order valence-corrected chi connectivity index (χ2v) is 5.15. The van der Waals surface area contributed by atoms with Crippen molar-refractivity contribution in [2.24, 2.45) is 5.73 Å². The zero-order valence-corrected chi connectivity index (χ0v) is 10.1. The van der Waals surface area contributed by atoms with Crippen molar-refractivity contribution in [2.45, 2.75) is 0 Å². The van der Waals surface area contributed by atoms with E-state index in [0.717, 1.165) is 18.7 Å². The van der Waals surface area contributed by atoms with Gasteiger partial charge in [0.05, 0.1) is 0 Å². The summed E-state index contributed by atoms with van der Waals surface area (Å²) in [5.74, 6) is 2.37. The van der Waals surface area contributed by atoms with Crippen LogP contribution in [0.1, 0.15) is 5.56 Å². The predicted octanol–water partition coefficient (Wildman–Crippen LogP) is 1.87. The molecule has 0 saturated carbocycles. The highest BCUT2D eigenvalue weighted by Gasteiger charge is 2.14. The maximum Gasteiger partial charge on any atom is 0.106 e. The fourth-order valence-corrected chi connectivity index (χ4v) is 2.84. The van der Waals surface area contributed by atoms with Crippen LogP contribution in [0.25, 0.3) is 0 Å². The normalized spacial score (nSPS) is 16.4. The Morgan fingerprint density at radius 1 is 1.27 bits per heavy atom. The number of nitrogens with zero attached hydrogens (tertiary/aromatic N) is 1. The minimum Gasteiger partial charge on any atom is -0.389 e. The second-order valence-electron chi connectivity index (χ2n) is 3.48. The van der Waals surface area contributed by atoms with Gasteiger partial charge in [-0.15, -0.1) is 0 Å². The summed E-state index contributed by atoms with van der Waals surface area (Å²) in [6, 6.07) is 8.12. The molecule has 1 saturated heterocycles. The maximum absolute atomic E-state index is 5.72. The van der Waals surface area contributed by atoms with E-state index >= 15 is 0 Å². The van der Waals surface area contributed by atoms with Gasteiger partial charge in [-0.25, -0.2) is 0 Å². The Balaban J connectivity index is 2.29. The molecule has 4 heteroatoms. The molecule has 80 valence electrons. The molecule has 1 aliphatic heterocycles. The molecule has 0 bridgehead atoms. The van der Waals surface area contributed by atoms with Crippen LogP contribution in [0.15, 0.2) is 24.3 Å². The molecule has 1 aliphatic rings. The van der Waals surface area contributed by atoms with Crippen LogP contribution in [0.2, 0.25) is 0 Å². The molecule has 0 unspecified atom stereocenters. The minimum atomic E-state index is 0.490. The van der Waals surface area contributed by atoms with E-state index in [2.05, 4.69) is 11.0 Å². The monoisotopic (exact) mass is 238 g/mol. The van der Waals surface area contributed by atoms with Crippen molar-refractivity contribution in [2.75, 3.05) is 29.5 Å². The van der Waals surface area contributed by atoms with Gasteiger partial charge in [0, 0.05) is 35.8 Å². The molecule has 1 aromatic rings. The molecule has 1 heterocycles. The van der Waals surface area contributed by atoms with E-state index in [1.165, 1.54) is 17.2 Å². The maximum atomic E-state index is 5.72. The Labute approximate surface area is 99.8 Å². The third-order valence-corrected chi connectivity index (χ3v) is 3.68. The van der Waals surface area contributed by atoms with Gasteiger partial charge in [-0.1, -0.05) is 24.4 Å². The Hall–Kier alpha value is -0.740. The highest BCUT2D eigenvalue weighted by atomic mass is 32.2. The summed E-state index contributed by atoms with van der Waals surface area (Å²) in [5.41, 5.74) is 7.91. The van der Waals surface area contributed by atoms with Crippen molar-refractivity contribution in [1.29, 1.82) is 0 Å². The fourth-order valence-electron chi connectivity index (χ4n) is 1.76. The van der Waals surface area contributed by atoms with Crippen molar-refractivity contribution < 1.29 is 0 Å². The van der Waals surface area contributed by atoms with Crippen LogP contribution in [-0.4, -0.2) is 29.6 Å². The third-order valence-electron chi connectivity index (χ3n) is 2.52. The van der Waals surface area contributed by atoms with Crippen molar-refractivity contribution in [3.8, 4) is 0 Å². The second kappa shape index (κ2) is 4.86. The first-order valence-corrected chi connectivity index (χ1v) is 6.57. The molecule has 0 spiro atoms. The van der Waals surface area contributed by atoms with Crippen LogP contribution in [0.4, 0.5) is 5.69 Å². The van der Waals surface area contributed by atoms with E-state index in [0.29, 0.717) is 4.99 Å². The molecule has 0 radical (unpaired) electrons. The van der Waals surface area contributed by atoms with Crippen LogP contribution in [-0.2, 0) is 0 Å². The van der Waals surface area contributed by atoms with Gasteiger partial charge in [-0.05, 0) is 12.1 Å². The summed E-state index contributed by atoms with van der Waals surface area (Å²) in [4.78, 5) is 2.86. The van der Waals surface area contributed by atoms with E-state index in [1.54, 1.807) is 0 Å². The highest BCUT2D eigenvalue weighted by Crippen LogP contribution is 2.23. The van der Waals surface area contributed by atoms with Gasteiger partial charge in [0.2, 0.25) is 0 Å². The molecule has 0 aromatic heterocycles. The molecular weight excluding hydrogens is 224 g/mol. The van der Waals surface area contributed by atoms with Crippen LogP contribution >= 0.6 is 24.0 Å². The zero-order chi connectivity index (χ0) is 10.7. The first kappa shape index (κ1) is 10.8. The van der Waals surface area contributed by atoms with Crippen LogP contribution in [0.5, 0.6) is 0 Å². The lowest BCUT2D eigenvalue weighted by Crippen LogP contribution is -2.34. The quantitative estimate of drug-likeness (QED) is 0.797. The average Bonchev–Trinajstić information content (AvgIpc) is 2.30. The van der Waals surface area contributed by atoms with E-state index in [1.807, 2.05) is 30.0 Å².